The molecule has 1 aromatic heterocycles. The number of rotatable bonds is 12. The van der Waals surface area contributed by atoms with Crippen LogP contribution in [0.1, 0.15) is 27.2 Å². The van der Waals surface area contributed by atoms with E-state index in [0.29, 0.717) is 35.8 Å². The molecule has 3 rings (SSSR count). The van der Waals surface area contributed by atoms with Crippen molar-refractivity contribution in [2.24, 2.45) is 0 Å². The van der Waals surface area contributed by atoms with Crippen molar-refractivity contribution in [2.75, 3.05) is 25.5 Å². The van der Waals surface area contributed by atoms with Gasteiger partial charge in [0.15, 0.2) is 11.0 Å². The molecule has 0 bridgehead atoms. The Kier molecular flexibility index (Phi) is 9.60. The predicted molar refractivity (Wildman–Crippen MR) is 132 cm³/mol. The van der Waals surface area contributed by atoms with Crippen molar-refractivity contribution in [1.82, 2.24) is 20.1 Å². The van der Waals surface area contributed by atoms with E-state index >= 15 is 0 Å². The lowest BCUT2D eigenvalue weighted by atomic mass is 10.2. The first-order valence-corrected chi connectivity index (χ1v) is 12.3. The van der Waals surface area contributed by atoms with Crippen LogP contribution in [0.2, 0.25) is 5.02 Å². The highest BCUT2D eigenvalue weighted by Crippen LogP contribution is 2.30. The van der Waals surface area contributed by atoms with Crippen LogP contribution in [0.25, 0.3) is 17.1 Å². The van der Waals surface area contributed by atoms with Crippen molar-refractivity contribution in [3.8, 4) is 22.8 Å². The van der Waals surface area contributed by atoms with Gasteiger partial charge in [0.05, 0.1) is 18.5 Å². The first-order valence-electron chi connectivity index (χ1n) is 10.9. The van der Waals surface area contributed by atoms with Crippen LogP contribution in [-0.4, -0.2) is 52.3 Å². The van der Waals surface area contributed by atoms with Gasteiger partial charge in [0.2, 0.25) is 5.91 Å². The smallest absolute Gasteiger partial charge is 0.230 e. The molecule has 1 N–H and O–H groups in total. The maximum Gasteiger partial charge on any atom is 0.230 e. The molecule has 0 aliphatic rings. The molecule has 176 valence electrons. The number of hydrogen-bond donors (Lipinski definition) is 1. The topological polar surface area (TPSA) is 78.3 Å². The number of hydrogen-bond acceptors (Lipinski definition) is 6. The predicted octanol–water partition coefficient (Wildman–Crippen LogP) is 5.01. The molecule has 2 aromatic carbocycles. The second-order valence-electron chi connectivity index (χ2n) is 7.49. The molecule has 33 heavy (non-hydrogen) atoms. The van der Waals surface area contributed by atoms with Crippen LogP contribution in [0.4, 0.5) is 0 Å². The van der Waals surface area contributed by atoms with Gasteiger partial charge in [-0.15, -0.1) is 10.2 Å². The van der Waals surface area contributed by atoms with E-state index in [0.717, 1.165) is 23.4 Å². The Morgan fingerprint density at radius 1 is 1.18 bits per heavy atom. The molecule has 9 heteroatoms. The lowest BCUT2D eigenvalue weighted by Crippen LogP contribution is -2.27. The number of carbonyl (C=O) groups excluding carboxylic acids is 1. The van der Waals surface area contributed by atoms with Gasteiger partial charge in [0.25, 0.3) is 0 Å². The van der Waals surface area contributed by atoms with Crippen LogP contribution in [0.3, 0.4) is 0 Å². The average Bonchev–Trinajstić information content (AvgIpc) is 3.22. The minimum absolute atomic E-state index is 0.0601. The van der Waals surface area contributed by atoms with E-state index in [-0.39, 0.29) is 17.8 Å². The minimum Gasteiger partial charge on any atom is -0.494 e. The highest BCUT2D eigenvalue weighted by atomic mass is 35.5. The van der Waals surface area contributed by atoms with E-state index in [2.05, 4.69) is 15.5 Å². The van der Waals surface area contributed by atoms with Gasteiger partial charge in [-0.1, -0.05) is 35.5 Å². The number of carbonyl (C=O) groups is 1. The monoisotopic (exact) mass is 488 g/mol. The summed E-state index contributed by atoms with van der Waals surface area (Å²) in [6, 6.07) is 15.2. The highest BCUT2D eigenvalue weighted by molar-refractivity contribution is 7.99. The summed E-state index contributed by atoms with van der Waals surface area (Å²) in [6.45, 7) is 7.73. The Morgan fingerprint density at radius 3 is 2.67 bits per heavy atom. The molecule has 0 fully saturated rings. The molecule has 0 aliphatic heterocycles. The summed E-state index contributed by atoms with van der Waals surface area (Å²) in [5, 5.41) is 12.9. The van der Waals surface area contributed by atoms with Crippen LogP contribution in [-0.2, 0) is 9.53 Å². The molecule has 0 saturated heterocycles. The van der Waals surface area contributed by atoms with Crippen molar-refractivity contribution in [1.29, 1.82) is 0 Å². The van der Waals surface area contributed by atoms with Gasteiger partial charge in [0, 0.05) is 29.4 Å². The second kappa shape index (κ2) is 12.6. The van der Waals surface area contributed by atoms with Crippen LogP contribution >= 0.6 is 23.4 Å². The Balaban J connectivity index is 1.75. The normalized spacial score (nSPS) is 11.1. The van der Waals surface area contributed by atoms with Crippen LogP contribution in [0, 0.1) is 0 Å². The largest absolute Gasteiger partial charge is 0.494 e. The molecule has 0 radical (unpaired) electrons. The number of nitrogens with zero attached hydrogens (tertiary/aromatic N) is 3. The van der Waals surface area contributed by atoms with E-state index < -0.39 is 0 Å². The molecule has 7 nitrogen and oxygen atoms in total. The van der Waals surface area contributed by atoms with Crippen molar-refractivity contribution >= 4 is 29.3 Å². The summed E-state index contributed by atoms with van der Waals surface area (Å²) < 4.78 is 13.0. The molecule has 1 amide bonds. The van der Waals surface area contributed by atoms with Crippen LogP contribution in [0.5, 0.6) is 5.75 Å². The standard InChI is InChI=1S/C24H29ClN4O3S/c1-4-31-21-11-9-20(10-12-21)29-23(18-7-5-8-19(25)15-18)27-28-24(29)33-16-22(30)26-13-6-14-32-17(2)3/h5,7-12,15,17H,4,6,13-14,16H2,1-3H3,(H,26,30). The zero-order valence-corrected chi connectivity index (χ0v) is 20.7. The van der Waals surface area contributed by atoms with Crippen molar-refractivity contribution in [3.05, 3.63) is 53.6 Å². The fourth-order valence-corrected chi connectivity index (χ4v) is 4.04. The summed E-state index contributed by atoms with van der Waals surface area (Å²) in [7, 11) is 0. The highest BCUT2D eigenvalue weighted by Gasteiger charge is 2.17. The number of aromatic nitrogens is 3. The van der Waals surface area contributed by atoms with Gasteiger partial charge in [-0.3, -0.25) is 9.36 Å². The van der Waals surface area contributed by atoms with Crippen LogP contribution < -0.4 is 10.1 Å². The lowest BCUT2D eigenvalue weighted by Gasteiger charge is -2.12. The summed E-state index contributed by atoms with van der Waals surface area (Å²) >= 11 is 7.54. The van der Waals surface area contributed by atoms with Gasteiger partial charge in [-0.2, -0.15) is 0 Å². The molecule has 1 heterocycles. The average molecular weight is 489 g/mol. The van der Waals surface area contributed by atoms with Crippen LogP contribution in [0.15, 0.2) is 53.7 Å². The van der Waals surface area contributed by atoms with Crippen molar-refractivity contribution < 1.29 is 14.3 Å². The van der Waals surface area contributed by atoms with E-state index in [1.54, 1.807) is 0 Å². The number of thioether (sulfide) groups is 1. The zero-order chi connectivity index (χ0) is 23.6. The zero-order valence-electron chi connectivity index (χ0n) is 19.1. The maximum atomic E-state index is 12.3. The van der Waals surface area contributed by atoms with Gasteiger partial charge < -0.3 is 14.8 Å². The Hall–Kier alpha value is -2.55. The molecule has 0 unspecified atom stereocenters. The molecule has 3 aromatic rings. The maximum absolute atomic E-state index is 12.3. The SMILES string of the molecule is CCOc1ccc(-n2c(SCC(=O)NCCCOC(C)C)nnc2-c2cccc(Cl)c2)cc1. The Morgan fingerprint density at radius 2 is 1.97 bits per heavy atom. The number of ether oxygens (including phenoxy) is 2. The first kappa shape index (κ1) is 25.1. The molecule has 0 atom stereocenters. The van der Waals surface area contributed by atoms with Gasteiger partial charge in [-0.25, -0.2) is 0 Å². The molecular formula is C24H29ClN4O3S. The summed E-state index contributed by atoms with van der Waals surface area (Å²) in [5.41, 5.74) is 1.71. The van der Waals surface area contributed by atoms with E-state index in [1.165, 1.54) is 11.8 Å². The first-order chi connectivity index (χ1) is 16.0. The third kappa shape index (κ3) is 7.48. The lowest BCUT2D eigenvalue weighted by molar-refractivity contribution is -0.118. The minimum atomic E-state index is -0.0601. The molecule has 0 saturated carbocycles. The van der Waals surface area contributed by atoms with E-state index in [9.17, 15) is 4.79 Å². The number of halogens is 1. The Bertz CT molecular complexity index is 1040. The number of nitrogens with one attached hydrogen (secondary N) is 1. The second-order valence-corrected chi connectivity index (χ2v) is 8.87. The van der Waals surface area contributed by atoms with Gasteiger partial charge in [-0.05, 0) is 63.6 Å². The van der Waals surface area contributed by atoms with E-state index in [1.807, 2.05) is 73.9 Å². The van der Waals surface area contributed by atoms with Gasteiger partial charge >= 0.3 is 0 Å². The van der Waals surface area contributed by atoms with Crippen molar-refractivity contribution in [3.63, 3.8) is 0 Å². The fraction of sp³-hybridized carbons (Fsp3) is 0.375. The fourth-order valence-electron chi connectivity index (χ4n) is 3.07. The number of benzene rings is 2. The molecular weight excluding hydrogens is 460 g/mol. The van der Waals surface area contributed by atoms with E-state index in [4.69, 9.17) is 21.1 Å². The third-order valence-electron chi connectivity index (χ3n) is 4.55. The quantitative estimate of drug-likeness (QED) is 0.285. The van der Waals surface area contributed by atoms with Crippen molar-refractivity contribution in [2.45, 2.75) is 38.5 Å². The molecule has 0 aliphatic carbocycles. The third-order valence-corrected chi connectivity index (χ3v) is 5.71. The molecule has 0 spiro atoms. The van der Waals surface area contributed by atoms with Gasteiger partial charge in [0.1, 0.15) is 5.75 Å². The summed E-state index contributed by atoms with van der Waals surface area (Å²) in [5.74, 6) is 1.61. The Labute approximate surface area is 203 Å². The summed E-state index contributed by atoms with van der Waals surface area (Å²) in [6.07, 6.45) is 0.967. The summed E-state index contributed by atoms with van der Waals surface area (Å²) in [4.78, 5) is 12.3. The number of amides is 1.